The van der Waals surface area contributed by atoms with Gasteiger partial charge in [0.05, 0.1) is 22.8 Å². The van der Waals surface area contributed by atoms with Gasteiger partial charge < -0.3 is 4.90 Å². The van der Waals surface area contributed by atoms with Gasteiger partial charge in [0.25, 0.3) is 0 Å². The van der Waals surface area contributed by atoms with E-state index in [0.717, 1.165) is 53.6 Å². The Morgan fingerprint density at radius 1 is 1.29 bits per heavy atom. The molecule has 1 fully saturated rings. The molecule has 3 aromatic rings. The summed E-state index contributed by atoms with van der Waals surface area (Å²) in [5.41, 5.74) is 3.86. The van der Waals surface area contributed by atoms with Crippen LogP contribution >= 0.6 is 22.9 Å². The SMILES string of the molecule is Cc1nn(-c2ccc(Cl)cc2)c(C)c1CC(=O)N1CCCC(c2nccs2)C1. The van der Waals surface area contributed by atoms with Crippen LogP contribution in [0, 0.1) is 13.8 Å². The second-order valence-corrected chi connectivity index (χ2v) is 8.63. The summed E-state index contributed by atoms with van der Waals surface area (Å²) < 4.78 is 1.89. The molecule has 1 aromatic carbocycles. The number of piperidine rings is 1. The van der Waals surface area contributed by atoms with Crippen molar-refractivity contribution in [2.75, 3.05) is 13.1 Å². The maximum absolute atomic E-state index is 13.0. The fourth-order valence-electron chi connectivity index (χ4n) is 3.87. The summed E-state index contributed by atoms with van der Waals surface area (Å²) in [5, 5.41) is 8.50. The van der Waals surface area contributed by atoms with Crippen molar-refractivity contribution in [3.63, 3.8) is 0 Å². The van der Waals surface area contributed by atoms with Crippen LogP contribution in [0.15, 0.2) is 35.8 Å². The lowest BCUT2D eigenvalue weighted by Crippen LogP contribution is -2.40. The molecule has 0 radical (unpaired) electrons. The quantitative estimate of drug-likeness (QED) is 0.629. The van der Waals surface area contributed by atoms with E-state index in [-0.39, 0.29) is 5.91 Å². The summed E-state index contributed by atoms with van der Waals surface area (Å²) in [5.74, 6) is 0.528. The Hall–Kier alpha value is -2.18. The molecule has 7 heteroatoms. The van der Waals surface area contributed by atoms with Gasteiger partial charge >= 0.3 is 0 Å². The van der Waals surface area contributed by atoms with E-state index in [9.17, 15) is 4.79 Å². The van der Waals surface area contributed by atoms with Crippen molar-refractivity contribution in [1.82, 2.24) is 19.7 Å². The predicted octanol–water partition coefficient (Wildman–Crippen LogP) is 4.55. The van der Waals surface area contributed by atoms with E-state index < -0.39 is 0 Å². The molecule has 5 nitrogen and oxygen atoms in total. The zero-order chi connectivity index (χ0) is 19.7. The summed E-state index contributed by atoms with van der Waals surface area (Å²) in [6.07, 6.45) is 4.36. The number of nitrogens with zero attached hydrogens (tertiary/aromatic N) is 4. The molecule has 0 saturated carbocycles. The molecule has 28 heavy (non-hydrogen) atoms. The molecule has 4 rings (SSSR count). The van der Waals surface area contributed by atoms with Crippen LogP contribution in [0.5, 0.6) is 0 Å². The number of aryl methyl sites for hydroxylation is 1. The van der Waals surface area contributed by atoms with E-state index in [4.69, 9.17) is 11.6 Å². The van der Waals surface area contributed by atoms with Crippen molar-refractivity contribution in [3.8, 4) is 5.69 Å². The summed E-state index contributed by atoms with van der Waals surface area (Å²) >= 11 is 7.68. The summed E-state index contributed by atoms with van der Waals surface area (Å²) in [7, 11) is 0. The third-order valence-corrected chi connectivity index (χ3v) is 6.61. The van der Waals surface area contributed by atoms with Crippen molar-refractivity contribution in [3.05, 3.63) is 62.8 Å². The number of carbonyl (C=O) groups is 1. The van der Waals surface area contributed by atoms with E-state index in [0.29, 0.717) is 17.4 Å². The fourth-order valence-corrected chi connectivity index (χ4v) is 4.76. The Kier molecular flexibility index (Phi) is 5.51. The topological polar surface area (TPSA) is 51.0 Å². The lowest BCUT2D eigenvalue weighted by atomic mass is 9.98. The normalized spacial score (nSPS) is 17.1. The molecule has 1 atom stereocenters. The van der Waals surface area contributed by atoms with E-state index in [2.05, 4.69) is 10.1 Å². The van der Waals surface area contributed by atoms with Gasteiger partial charge in [-0.2, -0.15) is 5.10 Å². The van der Waals surface area contributed by atoms with Gasteiger partial charge in [-0.25, -0.2) is 9.67 Å². The zero-order valence-corrected chi connectivity index (χ0v) is 17.6. The first kappa shape index (κ1) is 19.2. The van der Waals surface area contributed by atoms with Crippen LogP contribution in [0.4, 0.5) is 0 Å². The molecule has 1 amide bonds. The van der Waals surface area contributed by atoms with Crippen molar-refractivity contribution in [2.24, 2.45) is 0 Å². The van der Waals surface area contributed by atoms with Gasteiger partial charge in [0, 0.05) is 46.9 Å². The summed E-state index contributed by atoms with van der Waals surface area (Å²) in [6, 6.07) is 7.59. The maximum Gasteiger partial charge on any atom is 0.227 e. The monoisotopic (exact) mass is 414 g/mol. The number of likely N-dealkylation sites (tertiary alicyclic amines) is 1. The highest BCUT2D eigenvalue weighted by Crippen LogP contribution is 2.29. The minimum atomic E-state index is 0.170. The molecule has 0 N–H and O–H groups in total. The summed E-state index contributed by atoms with van der Waals surface area (Å²) in [4.78, 5) is 19.5. The molecule has 146 valence electrons. The minimum absolute atomic E-state index is 0.170. The van der Waals surface area contributed by atoms with Gasteiger partial charge in [-0.3, -0.25) is 4.79 Å². The Morgan fingerprint density at radius 3 is 2.79 bits per heavy atom. The number of amides is 1. The van der Waals surface area contributed by atoms with E-state index in [1.165, 1.54) is 0 Å². The van der Waals surface area contributed by atoms with E-state index in [1.54, 1.807) is 11.3 Å². The molecule has 1 aliphatic rings. The smallest absolute Gasteiger partial charge is 0.227 e. The van der Waals surface area contributed by atoms with Crippen LogP contribution < -0.4 is 0 Å². The van der Waals surface area contributed by atoms with Gasteiger partial charge in [-0.05, 0) is 51.0 Å². The van der Waals surface area contributed by atoms with Crippen LogP contribution in [-0.4, -0.2) is 38.7 Å². The fraction of sp³-hybridized carbons (Fsp3) is 0.381. The second-order valence-electron chi connectivity index (χ2n) is 7.26. The van der Waals surface area contributed by atoms with Crippen LogP contribution in [0.1, 0.15) is 40.7 Å². The molecule has 3 heterocycles. The van der Waals surface area contributed by atoms with Crippen LogP contribution in [0.25, 0.3) is 5.69 Å². The van der Waals surface area contributed by atoms with E-state index >= 15 is 0 Å². The van der Waals surface area contributed by atoms with Crippen molar-refractivity contribution in [2.45, 2.75) is 39.0 Å². The molecule has 0 bridgehead atoms. The lowest BCUT2D eigenvalue weighted by molar-refractivity contribution is -0.131. The average Bonchev–Trinajstić information content (AvgIpc) is 3.33. The second kappa shape index (κ2) is 8.05. The third-order valence-electron chi connectivity index (χ3n) is 5.42. The van der Waals surface area contributed by atoms with E-state index in [1.807, 2.05) is 59.3 Å². The zero-order valence-electron chi connectivity index (χ0n) is 16.1. The molecular formula is C21H23ClN4OS. The molecular weight excluding hydrogens is 392 g/mol. The highest BCUT2D eigenvalue weighted by atomic mass is 35.5. The molecule has 1 unspecified atom stereocenters. The number of hydrogen-bond donors (Lipinski definition) is 0. The highest BCUT2D eigenvalue weighted by Gasteiger charge is 2.27. The van der Waals surface area contributed by atoms with Gasteiger partial charge in [-0.1, -0.05) is 11.6 Å². The minimum Gasteiger partial charge on any atom is -0.342 e. The first-order valence-corrected chi connectivity index (χ1v) is 10.8. The van der Waals surface area contributed by atoms with Gasteiger partial charge in [0.15, 0.2) is 0 Å². The first-order valence-electron chi connectivity index (χ1n) is 9.51. The molecule has 0 spiro atoms. The van der Waals surface area contributed by atoms with Crippen LogP contribution in [0.2, 0.25) is 5.02 Å². The van der Waals surface area contributed by atoms with Crippen LogP contribution in [-0.2, 0) is 11.2 Å². The standard InChI is InChI=1S/C21H23ClN4OS/c1-14-19(15(2)26(24-14)18-7-5-17(22)6-8-18)12-20(27)25-10-3-4-16(13-25)21-23-9-11-28-21/h5-9,11,16H,3-4,10,12-13H2,1-2H3. The lowest BCUT2D eigenvalue weighted by Gasteiger charge is -2.32. The van der Waals surface area contributed by atoms with Crippen molar-refractivity contribution >= 4 is 28.8 Å². The predicted molar refractivity (Wildman–Crippen MR) is 112 cm³/mol. The van der Waals surface area contributed by atoms with Gasteiger partial charge in [0.2, 0.25) is 5.91 Å². The Labute approximate surface area is 174 Å². The van der Waals surface area contributed by atoms with Gasteiger partial charge in [-0.15, -0.1) is 11.3 Å². The molecule has 2 aromatic heterocycles. The number of hydrogen-bond acceptors (Lipinski definition) is 4. The largest absolute Gasteiger partial charge is 0.342 e. The van der Waals surface area contributed by atoms with Crippen LogP contribution in [0.3, 0.4) is 0 Å². The van der Waals surface area contributed by atoms with Crippen molar-refractivity contribution in [1.29, 1.82) is 0 Å². The number of carbonyl (C=O) groups excluding carboxylic acids is 1. The summed E-state index contributed by atoms with van der Waals surface area (Å²) in [6.45, 7) is 5.57. The number of aromatic nitrogens is 3. The number of benzene rings is 1. The Bertz CT molecular complexity index is 965. The molecule has 0 aliphatic carbocycles. The average molecular weight is 415 g/mol. The third kappa shape index (κ3) is 3.84. The Balaban J connectivity index is 1.51. The van der Waals surface area contributed by atoms with Gasteiger partial charge in [0.1, 0.15) is 0 Å². The number of thiazole rings is 1. The maximum atomic E-state index is 13.0. The molecule has 1 aliphatic heterocycles. The Morgan fingerprint density at radius 2 is 2.07 bits per heavy atom. The first-order chi connectivity index (χ1) is 13.5. The number of rotatable bonds is 4. The highest BCUT2D eigenvalue weighted by molar-refractivity contribution is 7.09. The van der Waals surface area contributed by atoms with Crippen molar-refractivity contribution < 1.29 is 4.79 Å². The number of halogens is 1. The molecule has 1 saturated heterocycles.